The van der Waals surface area contributed by atoms with E-state index in [4.69, 9.17) is 30.6 Å². The van der Waals surface area contributed by atoms with Gasteiger partial charge in [0.05, 0.1) is 24.0 Å². The summed E-state index contributed by atoms with van der Waals surface area (Å²) in [6, 6.07) is 13.5. The molecule has 0 saturated heterocycles. The molecule has 2 aliphatic heterocycles. The van der Waals surface area contributed by atoms with Crippen molar-refractivity contribution < 1.29 is 24.2 Å². The van der Waals surface area contributed by atoms with Crippen LogP contribution in [0.15, 0.2) is 47.6 Å². The maximum atomic E-state index is 10.6. The number of fused-ring (bicyclic) bond motifs is 1. The predicted molar refractivity (Wildman–Crippen MR) is 127 cm³/mol. The molecule has 2 atom stereocenters. The summed E-state index contributed by atoms with van der Waals surface area (Å²) >= 11 is 6.40. The van der Waals surface area contributed by atoms with E-state index >= 15 is 0 Å². The Kier molecular flexibility index (Phi) is 7.44. The summed E-state index contributed by atoms with van der Waals surface area (Å²) in [7, 11) is 0. The lowest BCUT2D eigenvalue weighted by Gasteiger charge is -2.29. The summed E-state index contributed by atoms with van der Waals surface area (Å²) in [5, 5.41) is 15.6. The Balaban J connectivity index is 1.40. The standard InChI is InChI=1S/C25H31ClN2O5/c1-25(2,3)32-15-19(29)13-28(12-18-6-4-5-7-21(18)26)14-20-11-22(27-33-20)17-8-9-23-24(10-17)31-16-30-23/h4-10,19-20,29H,11-16H2,1-3H3/t19-,20-/m1/s1. The molecular weight excluding hydrogens is 444 g/mol. The first-order chi connectivity index (χ1) is 15.8. The fourth-order valence-electron chi connectivity index (χ4n) is 3.83. The maximum Gasteiger partial charge on any atom is 0.231 e. The zero-order valence-corrected chi connectivity index (χ0v) is 20.0. The molecule has 2 aromatic rings. The van der Waals surface area contributed by atoms with E-state index in [1.165, 1.54) is 0 Å². The van der Waals surface area contributed by atoms with Crippen LogP contribution >= 0.6 is 11.6 Å². The van der Waals surface area contributed by atoms with Crippen LogP contribution in [-0.2, 0) is 16.1 Å². The van der Waals surface area contributed by atoms with Crippen molar-refractivity contribution in [1.29, 1.82) is 0 Å². The second kappa shape index (κ2) is 10.3. The minimum Gasteiger partial charge on any atom is -0.454 e. The number of aliphatic hydroxyl groups excluding tert-OH is 1. The van der Waals surface area contributed by atoms with Crippen LogP contribution in [0.3, 0.4) is 0 Å². The third-order valence-corrected chi connectivity index (χ3v) is 5.80. The van der Waals surface area contributed by atoms with E-state index in [1.54, 1.807) is 0 Å². The van der Waals surface area contributed by atoms with E-state index in [0.717, 1.165) is 28.3 Å². The van der Waals surface area contributed by atoms with Crippen molar-refractivity contribution in [2.75, 3.05) is 26.5 Å². The zero-order chi connectivity index (χ0) is 23.4. The Morgan fingerprint density at radius 1 is 1.18 bits per heavy atom. The number of hydrogen-bond acceptors (Lipinski definition) is 7. The number of hydrogen-bond donors (Lipinski definition) is 1. The van der Waals surface area contributed by atoms with Gasteiger partial charge in [0.15, 0.2) is 11.5 Å². The second-order valence-electron chi connectivity index (χ2n) is 9.40. The van der Waals surface area contributed by atoms with Crippen molar-refractivity contribution in [2.24, 2.45) is 5.16 Å². The molecule has 0 bridgehead atoms. The Bertz CT molecular complexity index is 991. The second-order valence-corrected chi connectivity index (χ2v) is 9.81. The SMILES string of the molecule is CC(C)(C)OC[C@H](O)CN(Cc1ccccc1Cl)C[C@H]1CC(c2ccc3c(c2)OCO3)=NO1. The first kappa shape index (κ1) is 23.8. The largest absolute Gasteiger partial charge is 0.454 e. The van der Waals surface area contributed by atoms with Gasteiger partial charge in [-0.2, -0.15) is 0 Å². The van der Waals surface area contributed by atoms with Gasteiger partial charge in [0, 0.05) is 36.6 Å². The average Bonchev–Trinajstić information content (AvgIpc) is 3.42. The van der Waals surface area contributed by atoms with Crippen molar-refractivity contribution >= 4 is 17.3 Å². The van der Waals surface area contributed by atoms with Crippen LogP contribution in [0.5, 0.6) is 11.5 Å². The smallest absolute Gasteiger partial charge is 0.231 e. The average molecular weight is 475 g/mol. The summed E-state index contributed by atoms with van der Waals surface area (Å²) in [6.45, 7) is 8.03. The molecule has 0 aliphatic carbocycles. The minimum absolute atomic E-state index is 0.136. The van der Waals surface area contributed by atoms with E-state index in [2.05, 4.69) is 10.1 Å². The monoisotopic (exact) mass is 474 g/mol. The van der Waals surface area contributed by atoms with Crippen LogP contribution < -0.4 is 9.47 Å². The lowest BCUT2D eigenvalue weighted by atomic mass is 10.0. The van der Waals surface area contributed by atoms with E-state index in [-0.39, 0.29) is 25.1 Å². The molecule has 0 fully saturated rings. The van der Waals surface area contributed by atoms with Crippen molar-refractivity contribution in [3.05, 3.63) is 58.6 Å². The first-order valence-electron chi connectivity index (χ1n) is 11.2. The van der Waals surface area contributed by atoms with Gasteiger partial charge >= 0.3 is 0 Å². The number of oxime groups is 1. The topological polar surface area (TPSA) is 72.8 Å². The number of rotatable bonds is 9. The quantitative estimate of drug-likeness (QED) is 0.586. The Labute approximate surface area is 199 Å². The van der Waals surface area contributed by atoms with Gasteiger partial charge in [-0.05, 0) is 50.6 Å². The van der Waals surface area contributed by atoms with Gasteiger partial charge in [0.1, 0.15) is 6.10 Å². The van der Waals surface area contributed by atoms with E-state index in [9.17, 15) is 5.11 Å². The number of halogens is 1. The molecule has 1 N–H and O–H groups in total. The molecule has 0 amide bonds. The van der Waals surface area contributed by atoms with Crippen molar-refractivity contribution in [2.45, 2.75) is 51.5 Å². The highest BCUT2D eigenvalue weighted by molar-refractivity contribution is 6.31. The molecule has 4 rings (SSSR count). The third kappa shape index (κ3) is 6.60. The molecule has 0 spiro atoms. The zero-order valence-electron chi connectivity index (χ0n) is 19.3. The Morgan fingerprint density at radius 3 is 2.76 bits per heavy atom. The highest BCUT2D eigenvalue weighted by Crippen LogP contribution is 2.33. The van der Waals surface area contributed by atoms with Crippen LogP contribution in [-0.4, -0.2) is 60.0 Å². The molecule has 2 heterocycles. The molecule has 2 aliphatic rings. The van der Waals surface area contributed by atoms with E-state index < -0.39 is 6.10 Å². The predicted octanol–water partition coefficient (Wildman–Crippen LogP) is 4.24. The number of aliphatic hydroxyl groups is 1. The van der Waals surface area contributed by atoms with Gasteiger partial charge in [-0.25, -0.2) is 0 Å². The Morgan fingerprint density at radius 2 is 1.97 bits per heavy atom. The van der Waals surface area contributed by atoms with Crippen molar-refractivity contribution in [3.8, 4) is 11.5 Å². The van der Waals surface area contributed by atoms with Crippen molar-refractivity contribution in [1.82, 2.24) is 4.90 Å². The number of ether oxygens (including phenoxy) is 3. The molecule has 8 heteroatoms. The molecule has 178 valence electrons. The number of nitrogens with zero attached hydrogens (tertiary/aromatic N) is 2. The van der Waals surface area contributed by atoms with Crippen LogP contribution in [0.25, 0.3) is 0 Å². The minimum atomic E-state index is -0.637. The van der Waals surface area contributed by atoms with Crippen LogP contribution in [0.2, 0.25) is 5.02 Å². The molecule has 33 heavy (non-hydrogen) atoms. The molecule has 0 unspecified atom stereocenters. The Hall–Kier alpha value is -2.32. The summed E-state index contributed by atoms with van der Waals surface area (Å²) < 4.78 is 16.6. The molecule has 0 radical (unpaired) electrons. The van der Waals surface area contributed by atoms with Gasteiger partial charge in [0.25, 0.3) is 0 Å². The van der Waals surface area contributed by atoms with Gasteiger partial charge in [-0.1, -0.05) is 35.0 Å². The lowest BCUT2D eigenvalue weighted by molar-refractivity contribution is -0.0600. The normalized spacial score (nSPS) is 18.4. The summed E-state index contributed by atoms with van der Waals surface area (Å²) in [5.74, 6) is 1.47. The molecule has 2 aromatic carbocycles. The van der Waals surface area contributed by atoms with E-state index in [0.29, 0.717) is 31.1 Å². The lowest BCUT2D eigenvalue weighted by Crippen LogP contribution is -2.40. The van der Waals surface area contributed by atoms with Gasteiger partial charge < -0.3 is 24.2 Å². The summed E-state index contributed by atoms with van der Waals surface area (Å²) in [6.07, 6.45) is -0.112. The fourth-order valence-corrected chi connectivity index (χ4v) is 4.02. The van der Waals surface area contributed by atoms with Gasteiger partial charge in [-0.15, -0.1) is 0 Å². The molecule has 7 nitrogen and oxygen atoms in total. The van der Waals surface area contributed by atoms with E-state index in [1.807, 2.05) is 63.2 Å². The molecule has 0 aromatic heterocycles. The van der Waals surface area contributed by atoms with Crippen LogP contribution in [0.4, 0.5) is 0 Å². The van der Waals surface area contributed by atoms with Crippen molar-refractivity contribution in [3.63, 3.8) is 0 Å². The fraction of sp³-hybridized carbons (Fsp3) is 0.480. The first-order valence-corrected chi connectivity index (χ1v) is 11.5. The highest BCUT2D eigenvalue weighted by Gasteiger charge is 2.27. The summed E-state index contributed by atoms with van der Waals surface area (Å²) in [4.78, 5) is 7.90. The van der Waals surface area contributed by atoms with Gasteiger partial charge in [0.2, 0.25) is 6.79 Å². The summed E-state index contributed by atoms with van der Waals surface area (Å²) in [5.41, 5.74) is 2.51. The molecule has 0 saturated carbocycles. The van der Waals surface area contributed by atoms with Crippen LogP contribution in [0.1, 0.15) is 38.3 Å². The van der Waals surface area contributed by atoms with Gasteiger partial charge in [-0.3, -0.25) is 4.90 Å². The highest BCUT2D eigenvalue weighted by atomic mass is 35.5. The maximum absolute atomic E-state index is 10.6. The van der Waals surface area contributed by atoms with Crippen LogP contribution in [0, 0.1) is 0 Å². The third-order valence-electron chi connectivity index (χ3n) is 5.43. The number of benzene rings is 2. The molecular formula is C25H31ClN2O5.